The number of halogens is 3. The molecule has 2 aromatic rings. The summed E-state index contributed by atoms with van der Waals surface area (Å²) in [4.78, 5) is 0. The molecular formula is C16H13ClF2. The molecule has 0 aliphatic heterocycles. The summed E-state index contributed by atoms with van der Waals surface area (Å²) in [7, 11) is 0. The minimum absolute atomic E-state index is 0.120. The van der Waals surface area contributed by atoms with Gasteiger partial charge < -0.3 is 0 Å². The van der Waals surface area contributed by atoms with E-state index in [-0.39, 0.29) is 11.4 Å². The molecule has 0 bridgehead atoms. The highest BCUT2D eigenvalue weighted by molar-refractivity contribution is 6.24. The SMILES string of the molecule is Cc1ccccc1/C=C(\CCl)c1cc(F)ccc1F. The number of alkyl halides is 1. The van der Waals surface area contributed by atoms with Crippen molar-refractivity contribution in [3.63, 3.8) is 0 Å². The van der Waals surface area contributed by atoms with Crippen LogP contribution in [-0.2, 0) is 0 Å². The molecule has 0 aliphatic rings. The number of rotatable bonds is 3. The lowest BCUT2D eigenvalue weighted by Crippen LogP contribution is -1.93. The first-order chi connectivity index (χ1) is 9.11. The molecule has 0 aliphatic carbocycles. The van der Waals surface area contributed by atoms with Gasteiger partial charge in [0.15, 0.2) is 0 Å². The zero-order valence-electron chi connectivity index (χ0n) is 10.5. The van der Waals surface area contributed by atoms with Gasteiger partial charge in [-0.25, -0.2) is 8.78 Å². The van der Waals surface area contributed by atoms with E-state index in [1.54, 1.807) is 6.08 Å². The Kier molecular flexibility index (Phi) is 4.33. The first-order valence-electron chi connectivity index (χ1n) is 5.89. The van der Waals surface area contributed by atoms with E-state index in [1.165, 1.54) is 6.07 Å². The van der Waals surface area contributed by atoms with Crippen molar-refractivity contribution in [2.24, 2.45) is 0 Å². The second kappa shape index (κ2) is 5.98. The maximum absolute atomic E-state index is 13.7. The van der Waals surface area contributed by atoms with Crippen LogP contribution in [0.5, 0.6) is 0 Å². The van der Waals surface area contributed by atoms with E-state index in [0.717, 1.165) is 23.3 Å². The summed E-state index contributed by atoms with van der Waals surface area (Å²) in [5.74, 6) is -0.826. The minimum atomic E-state index is -0.475. The van der Waals surface area contributed by atoms with Gasteiger partial charge in [0.1, 0.15) is 11.6 Å². The fourth-order valence-corrected chi connectivity index (χ4v) is 2.09. The quantitative estimate of drug-likeness (QED) is 0.544. The van der Waals surface area contributed by atoms with Crippen LogP contribution in [0, 0.1) is 18.6 Å². The Morgan fingerprint density at radius 3 is 2.58 bits per heavy atom. The van der Waals surface area contributed by atoms with Gasteiger partial charge >= 0.3 is 0 Å². The van der Waals surface area contributed by atoms with E-state index < -0.39 is 11.6 Å². The van der Waals surface area contributed by atoms with Gasteiger partial charge in [0.05, 0.1) is 0 Å². The Labute approximate surface area is 116 Å². The molecule has 0 fully saturated rings. The predicted octanol–water partition coefficient (Wildman–Crippen LogP) is 5.05. The summed E-state index contributed by atoms with van der Waals surface area (Å²) in [6.07, 6.45) is 1.79. The van der Waals surface area contributed by atoms with E-state index in [4.69, 9.17) is 11.6 Å². The Bertz CT molecular complexity index is 618. The summed E-state index contributed by atoms with van der Waals surface area (Å²) >= 11 is 5.87. The van der Waals surface area contributed by atoms with Crippen molar-refractivity contribution in [3.05, 3.63) is 70.8 Å². The molecule has 2 aromatic carbocycles. The number of hydrogen-bond donors (Lipinski definition) is 0. The van der Waals surface area contributed by atoms with Crippen LogP contribution in [0.25, 0.3) is 11.6 Å². The third kappa shape index (κ3) is 3.21. The van der Waals surface area contributed by atoms with Crippen molar-refractivity contribution < 1.29 is 8.78 Å². The highest BCUT2D eigenvalue weighted by Gasteiger charge is 2.09. The fraction of sp³-hybridized carbons (Fsp3) is 0.125. The van der Waals surface area contributed by atoms with E-state index in [0.29, 0.717) is 5.57 Å². The molecule has 2 rings (SSSR count). The Balaban J connectivity index is 2.51. The average Bonchev–Trinajstić information content (AvgIpc) is 2.41. The largest absolute Gasteiger partial charge is 0.207 e. The number of allylic oxidation sites excluding steroid dienone is 1. The lowest BCUT2D eigenvalue weighted by atomic mass is 10.0. The molecule has 0 spiro atoms. The fourth-order valence-electron chi connectivity index (χ4n) is 1.87. The first-order valence-corrected chi connectivity index (χ1v) is 6.43. The van der Waals surface area contributed by atoms with Crippen molar-refractivity contribution in [3.8, 4) is 0 Å². The lowest BCUT2D eigenvalue weighted by molar-refractivity contribution is 0.597. The van der Waals surface area contributed by atoms with Gasteiger partial charge in [-0.15, -0.1) is 11.6 Å². The summed E-state index contributed by atoms with van der Waals surface area (Å²) in [5.41, 5.74) is 2.77. The van der Waals surface area contributed by atoms with E-state index in [1.807, 2.05) is 31.2 Å². The number of aryl methyl sites for hydroxylation is 1. The topological polar surface area (TPSA) is 0 Å². The molecule has 0 unspecified atom stereocenters. The van der Waals surface area contributed by atoms with E-state index in [2.05, 4.69) is 0 Å². The van der Waals surface area contributed by atoms with Crippen LogP contribution in [0.2, 0.25) is 0 Å². The maximum Gasteiger partial charge on any atom is 0.130 e. The van der Waals surface area contributed by atoms with Crippen LogP contribution >= 0.6 is 11.6 Å². The van der Waals surface area contributed by atoms with Crippen LogP contribution < -0.4 is 0 Å². The third-order valence-corrected chi connectivity index (χ3v) is 3.22. The molecule has 0 saturated heterocycles. The summed E-state index contributed by atoms with van der Waals surface area (Å²) < 4.78 is 27.0. The maximum atomic E-state index is 13.7. The van der Waals surface area contributed by atoms with Gasteiger partial charge in [-0.05, 0) is 47.9 Å². The number of hydrogen-bond acceptors (Lipinski definition) is 0. The standard InChI is InChI=1S/C16H13ClF2/c1-11-4-2-3-5-12(11)8-13(10-17)15-9-14(18)6-7-16(15)19/h2-9H,10H2,1H3/b13-8+. The summed E-state index contributed by atoms with van der Waals surface area (Å²) in [5, 5.41) is 0. The van der Waals surface area contributed by atoms with Crippen LogP contribution in [-0.4, -0.2) is 5.88 Å². The second-order valence-electron chi connectivity index (χ2n) is 4.28. The zero-order chi connectivity index (χ0) is 13.8. The molecule has 0 N–H and O–H groups in total. The average molecular weight is 279 g/mol. The minimum Gasteiger partial charge on any atom is -0.207 e. The van der Waals surface area contributed by atoms with Gasteiger partial charge in [-0.3, -0.25) is 0 Å². The summed E-state index contributed by atoms with van der Waals surface area (Å²) in [6, 6.07) is 11.1. The molecular weight excluding hydrogens is 266 g/mol. The van der Waals surface area contributed by atoms with Crippen molar-refractivity contribution in [2.75, 3.05) is 5.88 Å². The van der Waals surface area contributed by atoms with Gasteiger partial charge in [0.2, 0.25) is 0 Å². The zero-order valence-corrected chi connectivity index (χ0v) is 11.2. The van der Waals surface area contributed by atoms with Gasteiger partial charge in [0.25, 0.3) is 0 Å². The molecule has 98 valence electrons. The molecule has 19 heavy (non-hydrogen) atoms. The monoisotopic (exact) mass is 278 g/mol. The second-order valence-corrected chi connectivity index (χ2v) is 4.55. The molecule has 0 aromatic heterocycles. The highest BCUT2D eigenvalue weighted by atomic mass is 35.5. The molecule has 0 radical (unpaired) electrons. The first kappa shape index (κ1) is 13.8. The normalized spacial score (nSPS) is 11.7. The van der Waals surface area contributed by atoms with Gasteiger partial charge in [-0.1, -0.05) is 24.3 Å². The molecule has 3 heteroatoms. The lowest BCUT2D eigenvalue weighted by Gasteiger charge is -2.07. The Hall–Kier alpha value is -1.67. The highest BCUT2D eigenvalue weighted by Crippen LogP contribution is 2.24. The third-order valence-electron chi connectivity index (χ3n) is 2.94. The van der Waals surface area contributed by atoms with Gasteiger partial charge in [0, 0.05) is 11.4 Å². The van der Waals surface area contributed by atoms with Gasteiger partial charge in [-0.2, -0.15) is 0 Å². The Morgan fingerprint density at radius 2 is 1.89 bits per heavy atom. The molecule has 0 atom stereocenters. The van der Waals surface area contributed by atoms with Crippen LogP contribution in [0.15, 0.2) is 42.5 Å². The predicted molar refractivity (Wildman–Crippen MR) is 76.1 cm³/mol. The van der Waals surface area contributed by atoms with E-state index in [9.17, 15) is 8.78 Å². The number of benzene rings is 2. The van der Waals surface area contributed by atoms with E-state index >= 15 is 0 Å². The van der Waals surface area contributed by atoms with Crippen molar-refractivity contribution in [2.45, 2.75) is 6.92 Å². The summed E-state index contributed by atoms with van der Waals surface area (Å²) in [6.45, 7) is 1.96. The van der Waals surface area contributed by atoms with Crippen molar-refractivity contribution >= 4 is 23.3 Å². The van der Waals surface area contributed by atoms with Crippen molar-refractivity contribution in [1.82, 2.24) is 0 Å². The molecule has 0 heterocycles. The Morgan fingerprint density at radius 1 is 1.16 bits per heavy atom. The van der Waals surface area contributed by atoms with Crippen molar-refractivity contribution in [1.29, 1.82) is 0 Å². The van der Waals surface area contributed by atoms with Crippen LogP contribution in [0.3, 0.4) is 0 Å². The molecule has 0 nitrogen and oxygen atoms in total. The smallest absolute Gasteiger partial charge is 0.130 e. The molecule has 0 amide bonds. The molecule has 0 saturated carbocycles. The van der Waals surface area contributed by atoms with Crippen LogP contribution in [0.1, 0.15) is 16.7 Å². The van der Waals surface area contributed by atoms with Crippen LogP contribution in [0.4, 0.5) is 8.78 Å².